The first-order chi connectivity index (χ1) is 6.78. The molecule has 1 heterocycles. The summed E-state index contributed by atoms with van der Waals surface area (Å²) in [6.45, 7) is 2.67. The Balaban J connectivity index is 1.94. The minimum atomic E-state index is 0.335. The summed E-state index contributed by atoms with van der Waals surface area (Å²) < 4.78 is 5.39. The minimum absolute atomic E-state index is 0.335. The van der Waals surface area contributed by atoms with Crippen molar-refractivity contribution in [3.8, 4) is 0 Å². The maximum atomic E-state index is 5.90. The van der Waals surface area contributed by atoms with Crippen LogP contribution >= 0.6 is 0 Å². The molecule has 14 heavy (non-hydrogen) atoms. The highest BCUT2D eigenvalue weighted by atomic mass is 16.5. The van der Waals surface area contributed by atoms with Gasteiger partial charge in [0.1, 0.15) is 0 Å². The summed E-state index contributed by atoms with van der Waals surface area (Å²) >= 11 is 0. The molecular formula is C11H22N2O. The smallest absolute Gasteiger partial charge is 0.0480 e. The van der Waals surface area contributed by atoms with Crippen LogP contribution in [-0.2, 0) is 4.74 Å². The normalized spacial score (nSPS) is 27.6. The van der Waals surface area contributed by atoms with Crippen LogP contribution in [-0.4, -0.2) is 43.3 Å². The van der Waals surface area contributed by atoms with Gasteiger partial charge in [-0.3, -0.25) is 4.90 Å². The van der Waals surface area contributed by atoms with E-state index in [1.165, 1.54) is 32.1 Å². The van der Waals surface area contributed by atoms with Crippen LogP contribution in [0.4, 0.5) is 0 Å². The van der Waals surface area contributed by atoms with Crippen LogP contribution in [0.1, 0.15) is 32.1 Å². The highest BCUT2D eigenvalue weighted by Gasteiger charge is 2.42. The second-order valence-corrected chi connectivity index (χ2v) is 4.74. The van der Waals surface area contributed by atoms with Gasteiger partial charge in [-0.1, -0.05) is 0 Å². The standard InChI is InChI=1S/C11H22N2O/c1-13(10-3-7-14-8-4-10)11(9-12)5-2-6-11/h10H,2-9,12H2,1H3. The van der Waals surface area contributed by atoms with Crippen LogP contribution in [0.2, 0.25) is 0 Å². The number of nitrogens with two attached hydrogens (primary N) is 1. The van der Waals surface area contributed by atoms with Crippen LogP contribution < -0.4 is 5.73 Å². The Morgan fingerprint density at radius 3 is 2.43 bits per heavy atom. The van der Waals surface area contributed by atoms with Gasteiger partial charge in [0, 0.05) is 31.3 Å². The van der Waals surface area contributed by atoms with Crippen molar-refractivity contribution < 1.29 is 4.74 Å². The van der Waals surface area contributed by atoms with Crippen molar-refractivity contribution in [3.63, 3.8) is 0 Å². The Labute approximate surface area is 86.6 Å². The van der Waals surface area contributed by atoms with Gasteiger partial charge in [0.25, 0.3) is 0 Å². The molecule has 0 unspecified atom stereocenters. The van der Waals surface area contributed by atoms with Crippen LogP contribution in [0.25, 0.3) is 0 Å². The van der Waals surface area contributed by atoms with E-state index in [2.05, 4.69) is 11.9 Å². The van der Waals surface area contributed by atoms with Crippen molar-refractivity contribution in [2.75, 3.05) is 26.8 Å². The van der Waals surface area contributed by atoms with E-state index in [1.807, 2.05) is 0 Å². The first-order valence-corrected chi connectivity index (χ1v) is 5.79. The number of hydrogen-bond acceptors (Lipinski definition) is 3. The fourth-order valence-corrected chi connectivity index (χ4v) is 2.75. The van der Waals surface area contributed by atoms with Gasteiger partial charge in [0.05, 0.1) is 0 Å². The van der Waals surface area contributed by atoms with Crippen molar-refractivity contribution in [1.82, 2.24) is 4.90 Å². The molecule has 2 rings (SSSR count). The number of likely N-dealkylation sites (N-methyl/N-ethyl adjacent to an activating group) is 1. The van der Waals surface area contributed by atoms with E-state index in [0.717, 1.165) is 19.8 Å². The quantitative estimate of drug-likeness (QED) is 0.734. The Kier molecular flexibility index (Phi) is 3.10. The molecule has 0 amide bonds. The third kappa shape index (κ3) is 1.69. The first-order valence-electron chi connectivity index (χ1n) is 5.79. The zero-order valence-corrected chi connectivity index (χ0v) is 9.17. The van der Waals surface area contributed by atoms with Gasteiger partial charge in [0.15, 0.2) is 0 Å². The monoisotopic (exact) mass is 198 g/mol. The highest BCUT2D eigenvalue weighted by Crippen LogP contribution is 2.38. The van der Waals surface area contributed by atoms with E-state index in [1.54, 1.807) is 0 Å². The molecule has 2 N–H and O–H groups in total. The average Bonchev–Trinajstić information content (AvgIpc) is 2.18. The minimum Gasteiger partial charge on any atom is -0.381 e. The molecule has 0 aromatic rings. The number of ether oxygens (including phenoxy) is 1. The second-order valence-electron chi connectivity index (χ2n) is 4.74. The molecule has 1 aliphatic heterocycles. The maximum absolute atomic E-state index is 5.90. The highest BCUT2D eigenvalue weighted by molar-refractivity contribution is 5.00. The molecule has 3 heteroatoms. The van der Waals surface area contributed by atoms with E-state index in [4.69, 9.17) is 10.5 Å². The topological polar surface area (TPSA) is 38.5 Å². The molecular weight excluding hydrogens is 176 g/mol. The molecule has 1 saturated carbocycles. The summed E-state index contributed by atoms with van der Waals surface area (Å²) in [5.41, 5.74) is 6.24. The lowest BCUT2D eigenvalue weighted by molar-refractivity contribution is -0.0338. The van der Waals surface area contributed by atoms with E-state index in [9.17, 15) is 0 Å². The van der Waals surface area contributed by atoms with Crippen molar-refractivity contribution in [2.45, 2.75) is 43.7 Å². The fraction of sp³-hybridized carbons (Fsp3) is 1.00. The van der Waals surface area contributed by atoms with Gasteiger partial charge in [-0.2, -0.15) is 0 Å². The maximum Gasteiger partial charge on any atom is 0.0480 e. The van der Waals surface area contributed by atoms with Crippen LogP contribution in [0.5, 0.6) is 0 Å². The van der Waals surface area contributed by atoms with Crippen molar-refractivity contribution in [3.05, 3.63) is 0 Å². The molecule has 0 bridgehead atoms. The lowest BCUT2D eigenvalue weighted by Crippen LogP contribution is -2.60. The van der Waals surface area contributed by atoms with Crippen molar-refractivity contribution in [1.29, 1.82) is 0 Å². The Bertz CT molecular complexity index is 180. The summed E-state index contributed by atoms with van der Waals surface area (Å²) in [5.74, 6) is 0. The Morgan fingerprint density at radius 2 is 2.00 bits per heavy atom. The molecule has 0 spiro atoms. The Morgan fingerprint density at radius 1 is 1.36 bits per heavy atom. The van der Waals surface area contributed by atoms with Crippen molar-refractivity contribution >= 4 is 0 Å². The van der Waals surface area contributed by atoms with E-state index >= 15 is 0 Å². The first kappa shape index (κ1) is 10.4. The fourth-order valence-electron chi connectivity index (χ4n) is 2.75. The second kappa shape index (κ2) is 4.17. The number of nitrogens with zero attached hydrogens (tertiary/aromatic N) is 1. The van der Waals surface area contributed by atoms with Gasteiger partial charge >= 0.3 is 0 Å². The molecule has 3 nitrogen and oxygen atoms in total. The molecule has 0 atom stereocenters. The molecule has 1 saturated heterocycles. The van der Waals surface area contributed by atoms with Crippen LogP contribution in [0.3, 0.4) is 0 Å². The lowest BCUT2D eigenvalue weighted by Gasteiger charge is -2.52. The van der Waals surface area contributed by atoms with Gasteiger partial charge in [0.2, 0.25) is 0 Å². The number of hydrogen-bond donors (Lipinski definition) is 1. The molecule has 0 aromatic carbocycles. The van der Waals surface area contributed by atoms with Crippen LogP contribution in [0.15, 0.2) is 0 Å². The third-order valence-electron chi connectivity index (χ3n) is 4.15. The average molecular weight is 198 g/mol. The Hall–Kier alpha value is -0.120. The van der Waals surface area contributed by atoms with E-state index in [-0.39, 0.29) is 0 Å². The summed E-state index contributed by atoms with van der Waals surface area (Å²) in [6, 6.07) is 0.701. The molecule has 0 radical (unpaired) electrons. The van der Waals surface area contributed by atoms with Gasteiger partial charge in [-0.25, -0.2) is 0 Å². The van der Waals surface area contributed by atoms with Gasteiger partial charge in [-0.15, -0.1) is 0 Å². The zero-order chi connectivity index (χ0) is 10.0. The number of rotatable bonds is 3. The van der Waals surface area contributed by atoms with Crippen LogP contribution in [0, 0.1) is 0 Å². The zero-order valence-electron chi connectivity index (χ0n) is 9.17. The SMILES string of the molecule is CN(C1CCOCC1)C1(CN)CCC1. The molecule has 0 aromatic heterocycles. The predicted molar refractivity (Wildman–Crippen MR) is 57.2 cm³/mol. The molecule has 1 aliphatic carbocycles. The van der Waals surface area contributed by atoms with E-state index in [0.29, 0.717) is 11.6 Å². The predicted octanol–water partition coefficient (Wildman–Crippen LogP) is 0.979. The lowest BCUT2D eigenvalue weighted by atomic mass is 9.74. The summed E-state index contributed by atoms with van der Waals surface area (Å²) in [5, 5.41) is 0. The molecule has 2 aliphatic rings. The summed E-state index contributed by atoms with van der Waals surface area (Å²) in [7, 11) is 2.25. The van der Waals surface area contributed by atoms with Gasteiger partial charge in [-0.05, 0) is 39.2 Å². The molecule has 82 valence electrons. The third-order valence-corrected chi connectivity index (χ3v) is 4.15. The summed E-state index contributed by atoms with van der Waals surface area (Å²) in [4.78, 5) is 2.54. The van der Waals surface area contributed by atoms with Crippen molar-refractivity contribution in [2.24, 2.45) is 5.73 Å². The largest absolute Gasteiger partial charge is 0.381 e. The summed E-state index contributed by atoms with van der Waals surface area (Å²) in [6.07, 6.45) is 6.29. The molecule has 2 fully saturated rings. The van der Waals surface area contributed by atoms with E-state index < -0.39 is 0 Å². The van der Waals surface area contributed by atoms with Gasteiger partial charge < -0.3 is 10.5 Å².